The van der Waals surface area contributed by atoms with Crippen LogP contribution in [-0.2, 0) is 9.53 Å². The maximum Gasteiger partial charge on any atom is 0.338 e. The van der Waals surface area contributed by atoms with E-state index < -0.39 is 12.0 Å². The lowest BCUT2D eigenvalue weighted by molar-refractivity contribution is -0.139. The number of nitrogens with zero attached hydrogens (tertiary/aromatic N) is 2. The third-order valence-electron chi connectivity index (χ3n) is 6.14. The molecule has 2 heterocycles. The molecule has 0 spiro atoms. The number of thiazole rings is 1. The van der Waals surface area contributed by atoms with E-state index in [1.165, 1.54) is 15.9 Å². The first-order chi connectivity index (χ1) is 17.4. The summed E-state index contributed by atoms with van der Waals surface area (Å²) in [5, 5.41) is 2.45. The molecule has 0 saturated carbocycles. The largest absolute Gasteiger partial charge is 0.496 e. The molecule has 5 rings (SSSR count). The Morgan fingerprint density at radius 1 is 1.14 bits per heavy atom. The molecule has 1 aromatic heterocycles. The summed E-state index contributed by atoms with van der Waals surface area (Å²) in [6.45, 7) is 3.70. The van der Waals surface area contributed by atoms with E-state index in [0.717, 1.165) is 16.3 Å². The number of ether oxygens (including phenoxy) is 2. The van der Waals surface area contributed by atoms with Crippen molar-refractivity contribution in [1.82, 2.24) is 4.57 Å². The average molecular weight is 519 g/mol. The molecule has 3 aromatic carbocycles. The maximum atomic E-state index is 13.9. The SMILES string of the molecule is CCOC(=O)C1=C(C)N=c2sc(=Cc3c(OC)ccc4ccccc34)c(=O)n2C1c1ccccc1Cl. The van der Waals surface area contributed by atoms with E-state index in [1.807, 2.05) is 60.7 Å². The van der Waals surface area contributed by atoms with Gasteiger partial charge >= 0.3 is 5.97 Å². The molecule has 8 heteroatoms. The van der Waals surface area contributed by atoms with Gasteiger partial charge in [-0.25, -0.2) is 9.79 Å². The zero-order chi connectivity index (χ0) is 25.4. The van der Waals surface area contributed by atoms with Gasteiger partial charge < -0.3 is 9.47 Å². The van der Waals surface area contributed by atoms with Gasteiger partial charge in [-0.15, -0.1) is 0 Å². The Hall–Kier alpha value is -3.68. The summed E-state index contributed by atoms with van der Waals surface area (Å²) >= 11 is 7.83. The fourth-order valence-electron chi connectivity index (χ4n) is 4.52. The number of allylic oxidation sites excluding steroid dienone is 1. The topological polar surface area (TPSA) is 69.9 Å². The van der Waals surface area contributed by atoms with Crippen LogP contribution in [0, 0.1) is 0 Å². The van der Waals surface area contributed by atoms with E-state index in [1.54, 1.807) is 27.0 Å². The van der Waals surface area contributed by atoms with Crippen molar-refractivity contribution in [2.45, 2.75) is 19.9 Å². The van der Waals surface area contributed by atoms with Gasteiger partial charge in [0.1, 0.15) is 11.8 Å². The highest BCUT2D eigenvalue weighted by Gasteiger charge is 2.34. The van der Waals surface area contributed by atoms with Gasteiger partial charge in [0.15, 0.2) is 4.80 Å². The number of halogens is 1. The monoisotopic (exact) mass is 518 g/mol. The predicted molar refractivity (Wildman–Crippen MR) is 142 cm³/mol. The summed E-state index contributed by atoms with van der Waals surface area (Å²) in [6, 6.07) is 18.2. The van der Waals surface area contributed by atoms with Crippen molar-refractivity contribution in [2.24, 2.45) is 4.99 Å². The Balaban J connectivity index is 1.80. The highest BCUT2D eigenvalue weighted by Crippen LogP contribution is 2.34. The molecule has 0 fully saturated rings. The Morgan fingerprint density at radius 3 is 2.64 bits per heavy atom. The Labute approximate surface area is 216 Å². The molecule has 0 saturated heterocycles. The number of aromatic nitrogens is 1. The first kappa shape index (κ1) is 24.0. The van der Waals surface area contributed by atoms with Crippen molar-refractivity contribution in [3.8, 4) is 5.75 Å². The summed E-state index contributed by atoms with van der Waals surface area (Å²) in [6.07, 6.45) is 1.83. The zero-order valence-electron chi connectivity index (χ0n) is 19.9. The number of hydrogen-bond donors (Lipinski definition) is 0. The number of rotatable bonds is 5. The van der Waals surface area contributed by atoms with Crippen molar-refractivity contribution in [3.63, 3.8) is 0 Å². The minimum atomic E-state index is -0.759. The molecule has 0 aliphatic carbocycles. The minimum absolute atomic E-state index is 0.205. The van der Waals surface area contributed by atoms with Crippen LogP contribution in [0.15, 0.2) is 81.7 Å². The molecular formula is C28H23ClN2O4S. The van der Waals surface area contributed by atoms with Crippen molar-refractivity contribution >= 4 is 45.8 Å². The van der Waals surface area contributed by atoms with Crippen molar-refractivity contribution < 1.29 is 14.3 Å². The van der Waals surface area contributed by atoms with Crippen molar-refractivity contribution in [3.05, 3.63) is 108 Å². The van der Waals surface area contributed by atoms with E-state index in [2.05, 4.69) is 4.99 Å². The van der Waals surface area contributed by atoms with Crippen LogP contribution in [0.25, 0.3) is 16.8 Å². The maximum absolute atomic E-state index is 13.9. The predicted octanol–water partition coefficient (Wildman–Crippen LogP) is 4.61. The fraction of sp³-hybridized carbons (Fsp3) is 0.179. The Kier molecular flexibility index (Phi) is 6.51. The van der Waals surface area contributed by atoms with Crippen LogP contribution in [0.5, 0.6) is 5.75 Å². The summed E-state index contributed by atoms with van der Waals surface area (Å²) in [7, 11) is 1.61. The first-order valence-corrected chi connectivity index (χ1v) is 12.6. The number of carbonyl (C=O) groups excluding carboxylic acids is 1. The van der Waals surface area contributed by atoms with Gasteiger partial charge in [-0.2, -0.15) is 0 Å². The summed E-state index contributed by atoms with van der Waals surface area (Å²) < 4.78 is 13.0. The molecule has 0 amide bonds. The lowest BCUT2D eigenvalue weighted by Crippen LogP contribution is -2.40. The normalized spacial score (nSPS) is 15.6. The smallest absolute Gasteiger partial charge is 0.338 e. The molecule has 4 aromatic rings. The molecule has 1 aliphatic rings. The number of fused-ring (bicyclic) bond motifs is 2. The Bertz CT molecular complexity index is 1720. The summed E-state index contributed by atoms with van der Waals surface area (Å²) in [5.41, 5.74) is 1.96. The molecule has 6 nitrogen and oxygen atoms in total. The molecule has 1 unspecified atom stereocenters. The molecule has 182 valence electrons. The molecular weight excluding hydrogens is 496 g/mol. The highest BCUT2D eigenvalue weighted by molar-refractivity contribution is 7.07. The third kappa shape index (κ3) is 4.04. The van der Waals surface area contributed by atoms with E-state index in [9.17, 15) is 9.59 Å². The molecule has 36 heavy (non-hydrogen) atoms. The van der Waals surface area contributed by atoms with Crippen LogP contribution in [0.3, 0.4) is 0 Å². The average Bonchev–Trinajstić information content (AvgIpc) is 3.18. The van der Waals surface area contributed by atoms with Gasteiger partial charge in [-0.1, -0.05) is 71.5 Å². The van der Waals surface area contributed by atoms with Gasteiger partial charge in [0.2, 0.25) is 0 Å². The number of carbonyl (C=O) groups is 1. The van der Waals surface area contributed by atoms with Crippen LogP contribution >= 0.6 is 22.9 Å². The van der Waals surface area contributed by atoms with Gasteiger partial charge in [0.05, 0.1) is 29.5 Å². The van der Waals surface area contributed by atoms with Crippen LogP contribution in [0.1, 0.15) is 31.0 Å². The second kappa shape index (κ2) is 9.76. The number of methoxy groups -OCH3 is 1. The van der Waals surface area contributed by atoms with Crippen LogP contribution in [-0.4, -0.2) is 24.3 Å². The second-order valence-electron chi connectivity index (χ2n) is 8.23. The van der Waals surface area contributed by atoms with E-state index in [4.69, 9.17) is 21.1 Å². The summed E-state index contributed by atoms with van der Waals surface area (Å²) in [5.74, 6) is 0.138. The lowest BCUT2D eigenvalue weighted by atomic mass is 9.96. The standard InChI is InChI=1S/C28H23ClN2O4S/c1-4-35-27(33)24-16(2)30-28-31(25(24)19-11-7-8-12-21(19)29)26(32)23(36-28)15-20-18-10-6-5-9-17(18)13-14-22(20)34-3/h5-15,25H,4H2,1-3H3. The lowest BCUT2D eigenvalue weighted by Gasteiger charge is -2.25. The summed E-state index contributed by atoms with van der Waals surface area (Å²) in [4.78, 5) is 32.1. The molecule has 0 radical (unpaired) electrons. The number of benzene rings is 3. The van der Waals surface area contributed by atoms with Gasteiger partial charge in [0.25, 0.3) is 5.56 Å². The van der Waals surface area contributed by atoms with E-state index in [-0.39, 0.29) is 12.2 Å². The van der Waals surface area contributed by atoms with Gasteiger partial charge in [-0.05, 0) is 48.4 Å². The second-order valence-corrected chi connectivity index (χ2v) is 9.64. The molecule has 1 aliphatic heterocycles. The van der Waals surface area contributed by atoms with Crippen molar-refractivity contribution in [2.75, 3.05) is 13.7 Å². The molecule has 0 bridgehead atoms. The van der Waals surface area contributed by atoms with E-state index in [0.29, 0.717) is 36.9 Å². The number of esters is 1. The molecule has 1 atom stereocenters. The Morgan fingerprint density at radius 2 is 1.89 bits per heavy atom. The molecule has 0 N–H and O–H groups in total. The van der Waals surface area contributed by atoms with Crippen molar-refractivity contribution in [1.29, 1.82) is 0 Å². The van der Waals surface area contributed by atoms with Crippen LogP contribution in [0.2, 0.25) is 5.02 Å². The third-order valence-corrected chi connectivity index (χ3v) is 7.47. The fourth-order valence-corrected chi connectivity index (χ4v) is 5.78. The van der Waals surface area contributed by atoms with Gasteiger partial charge in [0, 0.05) is 10.6 Å². The van der Waals surface area contributed by atoms with E-state index >= 15 is 0 Å². The van der Waals surface area contributed by atoms with Gasteiger partial charge in [-0.3, -0.25) is 9.36 Å². The quantitative estimate of drug-likeness (QED) is 0.362. The van der Waals surface area contributed by atoms with Crippen LogP contribution < -0.4 is 19.6 Å². The highest BCUT2D eigenvalue weighted by atomic mass is 35.5. The first-order valence-electron chi connectivity index (χ1n) is 11.4. The zero-order valence-corrected chi connectivity index (χ0v) is 21.5. The number of hydrogen-bond acceptors (Lipinski definition) is 6. The minimum Gasteiger partial charge on any atom is -0.496 e. The van der Waals surface area contributed by atoms with Crippen LogP contribution in [0.4, 0.5) is 0 Å².